The van der Waals surface area contributed by atoms with Crippen molar-refractivity contribution < 1.29 is 33.5 Å². The molecule has 1 N–H and O–H groups in total. The lowest BCUT2D eigenvalue weighted by Crippen LogP contribution is -2.43. The average Bonchev–Trinajstić information content (AvgIpc) is 3.31. The predicted molar refractivity (Wildman–Crippen MR) is 93.7 cm³/mol. The molecule has 3 aromatic rings. The van der Waals surface area contributed by atoms with Gasteiger partial charge in [-0.15, -0.1) is 4.85 Å². The Bertz CT molecular complexity index is 1140. The number of nitrogens with zero attached hydrogens (tertiary/aromatic N) is 5. The Balaban J connectivity index is 1.72. The van der Waals surface area contributed by atoms with Gasteiger partial charge in [0.1, 0.15) is 24.6 Å². The number of hydrogen-bond acceptors (Lipinski definition) is 9. The lowest BCUT2D eigenvalue weighted by Gasteiger charge is -2.14. The monoisotopic (exact) mass is 414 g/mol. The Morgan fingerprint density at radius 2 is 2.03 bits per heavy atom. The Kier molecular flexibility index (Phi) is 4.83. The molecule has 30 heavy (non-hydrogen) atoms. The molecule has 1 aliphatic rings. The van der Waals surface area contributed by atoms with Gasteiger partial charge in [0.2, 0.25) is 5.69 Å². The van der Waals surface area contributed by atoms with Crippen molar-refractivity contribution in [3.8, 4) is 17.1 Å². The summed E-state index contributed by atoms with van der Waals surface area (Å²) in [5.74, 6) is -0.676. The minimum Gasteiger partial charge on any atom is -0.692 e. The topological polar surface area (TPSA) is 170 Å². The molecule has 0 fully saturated rings. The first-order valence-electron chi connectivity index (χ1n) is 8.76. The normalized spacial score (nSPS) is 13.1. The Labute approximate surface area is 167 Å². The third kappa shape index (κ3) is 3.11. The van der Waals surface area contributed by atoms with Crippen LogP contribution < -0.4 is 15.1 Å². The molecule has 1 aromatic carbocycles. The number of nitrogens with one attached hydrogen (secondary N) is 1. The molecule has 13 heteroatoms. The van der Waals surface area contributed by atoms with E-state index in [-0.39, 0.29) is 64.9 Å². The van der Waals surface area contributed by atoms with Gasteiger partial charge in [-0.3, -0.25) is 14.2 Å². The summed E-state index contributed by atoms with van der Waals surface area (Å²) in [6.45, 7) is -0.169. The quantitative estimate of drug-likeness (QED) is 0.271. The van der Waals surface area contributed by atoms with Crippen molar-refractivity contribution in [3.63, 3.8) is 0 Å². The lowest BCUT2D eigenvalue weighted by molar-refractivity contribution is -0.808. The second-order valence-corrected chi connectivity index (χ2v) is 6.35. The first kappa shape index (κ1) is 19.0. The van der Waals surface area contributed by atoms with Crippen LogP contribution in [0.25, 0.3) is 17.1 Å². The number of aromatic nitrogens is 5. The van der Waals surface area contributed by atoms with Gasteiger partial charge in [-0.1, -0.05) is 12.1 Å². The zero-order valence-corrected chi connectivity index (χ0v) is 15.3. The largest absolute Gasteiger partial charge is 0.692 e. The van der Waals surface area contributed by atoms with Crippen molar-refractivity contribution >= 4 is 18.7 Å². The van der Waals surface area contributed by atoms with Gasteiger partial charge in [-0.2, -0.15) is 0 Å². The molecule has 0 saturated carbocycles. The number of aldehydes is 1. The summed E-state index contributed by atoms with van der Waals surface area (Å²) in [4.78, 5) is 35.9. The van der Waals surface area contributed by atoms with E-state index in [1.54, 1.807) is 12.1 Å². The van der Waals surface area contributed by atoms with Gasteiger partial charge in [0.15, 0.2) is 5.69 Å². The molecule has 4 rings (SSSR count). The third-order valence-corrected chi connectivity index (χ3v) is 4.58. The van der Waals surface area contributed by atoms with E-state index in [1.165, 1.54) is 12.1 Å². The number of rotatable bonds is 7. The summed E-state index contributed by atoms with van der Waals surface area (Å²) in [7, 11) is 0. The number of amides is 1. The Hall–Kier alpha value is -4.29. The summed E-state index contributed by atoms with van der Waals surface area (Å²) in [5, 5.41) is 34.8. The summed E-state index contributed by atoms with van der Waals surface area (Å²) in [6, 6.07) is 5.06. The lowest BCUT2D eigenvalue weighted by atomic mass is 10.0. The van der Waals surface area contributed by atoms with E-state index < -0.39 is 11.9 Å². The van der Waals surface area contributed by atoms with Gasteiger partial charge in [-0.05, 0) is 21.8 Å². The van der Waals surface area contributed by atoms with Crippen LogP contribution in [0.15, 0.2) is 28.9 Å². The molecule has 2 aromatic heterocycles. The van der Waals surface area contributed by atoms with Gasteiger partial charge in [0.25, 0.3) is 12.4 Å². The van der Waals surface area contributed by atoms with Crippen LogP contribution in [0.5, 0.6) is 0 Å². The summed E-state index contributed by atoms with van der Waals surface area (Å²) >= 11 is 0. The van der Waals surface area contributed by atoms with Crippen molar-refractivity contribution in [1.29, 1.82) is 0 Å². The number of ether oxygens (including phenoxy) is 1. The molecule has 0 saturated heterocycles. The van der Waals surface area contributed by atoms with E-state index in [9.17, 15) is 24.8 Å². The molecular weight excluding hydrogens is 400 g/mol. The maximum atomic E-state index is 12.9. The van der Waals surface area contributed by atoms with Crippen LogP contribution in [0.2, 0.25) is 0 Å². The van der Waals surface area contributed by atoms with E-state index in [2.05, 4.69) is 24.9 Å². The molecule has 0 bridgehead atoms. The summed E-state index contributed by atoms with van der Waals surface area (Å²) in [6.07, 6.45) is 0.914. The highest BCUT2D eigenvalue weighted by Gasteiger charge is 2.39. The van der Waals surface area contributed by atoms with Gasteiger partial charge in [0.05, 0.1) is 15.8 Å². The number of carbonyl (C=O) groups excluding carboxylic acids is 3. The highest BCUT2D eigenvalue weighted by Crippen LogP contribution is 2.27. The smallest absolute Gasteiger partial charge is 0.303 e. The summed E-state index contributed by atoms with van der Waals surface area (Å²) in [5.41, 5.74) is 1.09. The van der Waals surface area contributed by atoms with Crippen LogP contribution in [-0.2, 0) is 27.2 Å². The zero-order chi connectivity index (χ0) is 21.3. The number of hydrogen-bond donors (Lipinski definition) is 1. The van der Waals surface area contributed by atoms with Gasteiger partial charge >= 0.3 is 11.4 Å². The molecule has 0 radical (unpaired) electrons. The third-order valence-electron chi connectivity index (χ3n) is 4.58. The van der Waals surface area contributed by atoms with E-state index >= 15 is 0 Å². The minimum atomic E-state index is -1.06. The van der Waals surface area contributed by atoms with Crippen molar-refractivity contribution in [2.45, 2.75) is 18.9 Å². The van der Waals surface area contributed by atoms with Gasteiger partial charge < -0.3 is 25.3 Å². The average molecular weight is 414 g/mol. The van der Waals surface area contributed by atoms with Crippen molar-refractivity contribution in [1.82, 2.24) is 20.4 Å². The number of benzene rings is 1. The first-order chi connectivity index (χ1) is 14.5. The van der Waals surface area contributed by atoms with E-state index in [4.69, 9.17) is 0 Å². The molecule has 0 unspecified atom stereocenters. The number of fused-ring (bicyclic) bond motifs is 3. The molecule has 0 aliphatic heterocycles. The van der Waals surface area contributed by atoms with Crippen LogP contribution in [-0.4, -0.2) is 46.4 Å². The molecule has 0 spiro atoms. The van der Waals surface area contributed by atoms with Crippen molar-refractivity contribution in [3.05, 3.63) is 51.6 Å². The predicted octanol–water partition coefficient (Wildman–Crippen LogP) is -1.64. The van der Waals surface area contributed by atoms with Crippen LogP contribution in [0.1, 0.15) is 21.7 Å². The van der Waals surface area contributed by atoms with E-state index in [1.807, 2.05) is 0 Å². The van der Waals surface area contributed by atoms with Crippen molar-refractivity contribution in [2.24, 2.45) is 0 Å². The summed E-state index contributed by atoms with van der Waals surface area (Å²) < 4.78 is 9.10. The Morgan fingerprint density at radius 1 is 1.27 bits per heavy atom. The molecule has 154 valence electrons. The highest BCUT2D eigenvalue weighted by molar-refractivity contribution is 5.98. The number of carbonyl (C=O) groups is 3. The number of para-hydroxylation sites is 1. The minimum absolute atomic E-state index is 0.0548. The van der Waals surface area contributed by atoms with Crippen LogP contribution in [0.4, 0.5) is 0 Å². The van der Waals surface area contributed by atoms with Crippen LogP contribution in [0.3, 0.4) is 0 Å². The van der Waals surface area contributed by atoms with Crippen molar-refractivity contribution in [2.75, 3.05) is 6.61 Å². The second kappa shape index (κ2) is 7.62. The first-order valence-corrected chi connectivity index (χ1v) is 8.76. The second-order valence-electron chi connectivity index (χ2n) is 6.35. The van der Waals surface area contributed by atoms with E-state index in [0.717, 1.165) is 4.80 Å². The highest BCUT2D eigenvalue weighted by atomic mass is 16.8. The molecule has 1 amide bonds. The maximum absolute atomic E-state index is 12.9. The van der Waals surface area contributed by atoms with Gasteiger partial charge in [-0.25, -0.2) is 0 Å². The Morgan fingerprint density at radius 3 is 2.80 bits per heavy atom. The fraction of sp³-hybridized carbons (Fsp3) is 0.235. The molecule has 1 atom stereocenters. The van der Waals surface area contributed by atoms with Gasteiger partial charge in [0, 0.05) is 12.8 Å². The molecule has 13 nitrogen and oxygen atoms in total. The van der Waals surface area contributed by atoms with E-state index in [0.29, 0.717) is 11.1 Å². The fourth-order valence-corrected chi connectivity index (χ4v) is 3.18. The molecular formula is C17H14N6O7. The molecule has 1 aliphatic carbocycles. The van der Waals surface area contributed by atoms with Crippen LogP contribution >= 0.6 is 0 Å². The van der Waals surface area contributed by atoms with Crippen LogP contribution in [0, 0.1) is 10.4 Å². The molecule has 2 heterocycles. The standard InChI is InChI=1S/C17H14N6O7/c24-7-10(8-29-9-25)18-17(26)11-3-1-2-4-12(11)21-19-15-13(22(21)27)5-6-14-16(15)20-30-23(14)28/h1-4,7,9-10H,5-6,8H2,(H,18,26)/t10-/m1/s1. The maximum Gasteiger partial charge on any atom is 0.303 e. The zero-order valence-electron chi connectivity index (χ0n) is 15.3. The SMILES string of the molecule is O=COC[C@@H](C=O)NC(=O)c1ccccc1-n1nc2c([n+]1[O-])CCc1c-2no[n+]1[O-]. The fourth-order valence-electron chi connectivity index (χ4n) is 3.18.